The van der Waals surface area contributed by atoms with Crippen LogP contribution in [0.4, 0.5) is 0 Å². The van der Waals surface area contributed by atoms with E-state index in [-0.39, 0.29) is 23.8 Å². The second-order valence-electron chi connectivity index (χ2n) is 10.7. The van der Waals surface area contributed by atoms with Gasteiger partial charge >= 0.3 is 0 Å². The first-order valence-electron chi connectivity index (χ1n) is 11.3. The van der Waals surface area contributed by atoms with E-state index in [1.807, 2.05) is 17.8 Å². The maximum atomic E-state index is 14.0. The number of benzene rings is 1. The molecule has 0 radical (unpaired) electrons. The summed E-state index contributed by atoms with van der Waals surface area (Å²) in [4.78, 5) is 17.4. The Morgan fingerprint density at radius 1 is 1.17 bits per heavy atom. The molecule has 2 saturated heterocycles. The quantitative estimate of drug-likeness (QED) is 0.579. The molecule has 0 aromatic heterocycles. The molecule has 1 aromatic carbocycles. The summed E-state index contributed by atoms with van der Waals surface area (Å²) >= 11 is 1.81. The number of thioether (sulfide) groups is 1. The number of rotatable bonds is 4. The van der Waals surface area contributed by atoms with Gasteiger partial charge in [-0.05, 0) is 57.6 Å². The van der Waals surface area contributed by atoms with Crippen molar-refractivity contribution in [1.82, 2.24) is 4.90 Å². The van der Waals surface area contributed by atoms with Gasteiger partial charge in [0, 0.05) is 28.0 Å². The van der Waals surface area contributed by atoms with Crippen LogP contribution in [-0.2, 0) is 9.53 Å². The number of fused-ring (bicyclic) bond motifs is 2. The lowest BCUT2D eigenvalue weighted by Crippen LogP contribution is -2.64. The zero-order chi connectivity index (χ0) is 21.0. The standard InChI is InChI=1S/C25H37NO2S/c1-16(2)21-22-26(24(4,5)19-13-12-17(3)14-20(19)28-22)23(27)25(21,6)15-29-18-10-8-7-9-11-18/h7-11,16-17,19-22H,12-15H2,1-6H3/t17-,19-,20-,21+,22+,25+/m1/s1. The van der Waals surface area contributed by atoms with Gasteiger partial charge in [-0.3, -0.25) is 4.79 Å². The molecule has 3 fully saturated rings. The van der Waals surface area contributed by atoms with Crippen LogP contribution in [0.15, 0.2) is 35.2 Å². The molecule has 4 rings (SSSR count). The highest BCUT2D eigenvalue weighted by Crippen LogP contribution is 2.56. The average molecular weight is 416 g/mol. The molecular weight excluding hydrogens is 378 g/mol. The van der Waals surface area contributed by atoms with Gasteiger partial charge in [0.2, 0.25) is 5.91 Å². The number of ether oxygens (including phenoxy) is 1. The lowest BCUT2D eigenvalue weighted by molar-refractivity contribution is -0.231. The molecule has 1 amide bonds. The molecule has 0 spiro atoms. The highest BCUT2D eigenvalue weighted by molar-refractivity contribution is 7.99. The summed E-state index contributed by atoms with van der Waals surface area (Å²) < 4.78 is 6.81. The monoisotopic (exact) mass is 415 g/mol. The van der Waals surface area contributed by atoms with E-state index in [1.54, 1.807) is 0 Å². The van der Waals surface area contributed by atoms with Gasteiger partial charge in [-0.1, -0.05) is 45.4 Å². The third kappa shape index (κ3) is 3.44. The van der Waals surface area contributed by atoms with E-state index >= 15 is 0 Å². The molecular formula is C25H37NO2S. The van der Waals surface area contributed by atoms with Gasteiger partial charge < -0.3 is 9.64 Å². The first-order valence-corrected chi connectivity index (χ1v) is 12.3. The van der Waals surface area contributed by atoms with E-state index in [9.17, 15) is 4.79 Å². The molecule has 6 atom stereocenters. The van der Waals surface area contributed by atoms with Gasteiger partial charge in [0.05, 0.1) is 11.5 Å². The Morgan fingerprint density at radius 2 is 1.86 bits per heavy atom. The van der Waals surface area contributed by atoms with Crippen LogP contribution >= 0.6 is 11.8 Å². The lowest BCUT2D eigenvalue weighted by atomic mass is 9.69. The smallest absolute Gasteiger partial charge is 0.232 e. The van der Waals surface area contributed by atoms with Gasteiger partial charge in [-0.2, -0.15) is 0 Å². The van der Waals surface area contributed by atoms with Crippen LogP contribution in [0.1, 0.15) is 60.8 Å². The highest BCUT2D eigenvalue weighted by Gasteiger charge is 2.65. The minimum atomic E-state index is -0.407. The molecule has 1 aromatic rings. The summed E-state index contributed by atoms with van der Waals surface area (Å²) in [6, 6.07) is 10.5. The Labute approximate surface area is 181 Å². The number of amides is 1. The second-order valence-corrected chi connectivity index (χ2v) is 11.8. The Kier molecular flexibility index (Phi) is 5.57. The highest BCUT2D eigenvalue weighted by atomic mass is 32.2. The normalized spacial score (nSPS) is 38.8. The Balaban J connectivity index is 1.67. The van der Waals surface area contributed by atoms with Crippen molar-refractivity contribution < 1.29 is 9.53 Å². The fourth-order valence-corrected chi connectivity index (χ4v) is 7.49. The minimum Gasteiger partial charge on any atom is -0.354 e. The van der Waals surface area contributed by atoms with Crippen molar-refractivity contribution in [2.75, 3.05) is 5.75 Å². The molecule has 4 heteroatoms. The van der Waals surface area contributed by atoms with Crippen molar-refractivity contribution in [2.45, 2.75) is 83.6 Å². The van der Waals surface area contributed by atoms with Gasteiger partial charge in [0.1, 0.15) is 6.23 Å². The largest absolute Gasteiger partial charge is 0.354 e. The number of hydrogen-bond donors (Lipinski definition) is 0. The van der Waals surface area contributed by atoms with Crippen LogP contribution in [0.5, 0.6) is 0 Å². The van der Waals surface area contributed by atoms with Crippen LogP contribution in [0.2, 0.25) is 0 Å². The predicted molar refractivity (Wildman–Crippen MR) is 120 cm³/mol. The van der Waals surface area contributed by atoms with E-state index < -0.39 is 5.41 Å². The van der Waals surface area contributed by atoms with Crippen LogP contribution in [0.3, 0.4) is 0 Å². The predicted octanol–water partition coefficient (Wildman–Crippen LogP) is 5.84. The Morgan fingerprint density at radius 3 is 2.52 bits per heavy atom. The Bertz CT molecular complexity index is 748. The molecule has 29 heavy (non-hydrogen) atoms. The summed E-state index contributed by atoms with van der Waals surface area (Å²) in [7, 11) is 0. The summed E-state index contributed by atoms with van der Waals surface area (Å²) in [5.74, 6) is 2.86. The van der Waals surface area contributed by atoms with E-state index in [0.717, 1.165) is 18.6 Å². The minimum absolute atomic E-state index is 0.0922. The zero-order valence-corrected chi connectivity index (χ0v) is 19.7. The van der Waals surface area contributed by atoms with Crippen LogP contribution in [0.25, 0.3) is 0 Å². The van der Waals surface area contributed by atoms with E-state index in [4.69, 9.17) is 4.74 Å². The van der Waals surface area contributed by atoms with Gasteiger partial charge in [-0.25, -0.2) is 0 Å². The van der Waals surface area contributed by atoms with Gasteiger partial charge in [0.15, 0.2) is 0 Å². The van der Waals surface area contributed by atoms with E-state index in [1.165, 1.54) is 11.3 Å². The summed E-state index contributed by atoms with van der Waals surface area (Å²) in [5, 5.41) is 0. The third-order valence-electron chi connectivity index (χ3n) is 7.90. The second kappa shape index (κ2) is 7.60. The molecule has 2 aliphatic heterocycles. The first-order chi connectivity index (χ1) is 13.7. The van der Waals surface area contributed by atoms with E-state index in [2.05, 4.69) is 70.7 Å². The lowest BCUT2D eigenvalue weighted by Gasteiger charge is -2.56. The molecule has 1 saturated carbocycles. The topological polar surface area (TPSA) is 29.5 Å². The Hall–Kier alpha value is -1.00. The molecule has 1 aliphatic carbocycles. The van der Waals surface area contributed by atoms with Crippen molar-refractivity contribution in [2.24, 2.45) is 29.1 Å². The summed E-state index contributed by atoms with van der Waals surface area (Å²) in [6.45, 7) is 13.7. The van der Waals surface area contributed by atoms with Crippen molar-refractivity contribution in [3.8, 4) is 0 Å². The molecule has 3 aliphatic rings. The summed E-state index contributed by atoms with van der Waals surface area (Å²) in [5.41, 5.74) is -0.553. The summed E-state index contributed by atoms with van der Waals surface area (Å²) in [6.07, 6.45) is 3.73. The molecule has 0 bridgehead atoms. The number of nitrogens with zero attached hydrogens (tertiary/aromatic N) is 1. The molecule has 0 N–H and O–H groups in total. The molecule has 0 unspecified atom stereocenters. The number of carbonyl (C=O) groups is 1. The fourth-order valence-electron chi connectivity index (χ4n) is 6.36. The molecule has 2 heterocycles. The first kappa shape index (κ1) is 21.2. The van der Waals surface area contributed by atoms with Gasteiger partial charge in [-0.15, -0.1) is 11.8 Å². The number of carbonyl (C=O) groups excluding carboxylic acids is 1. The van der Waals surface area contributed by atoms with Crippen molar-refractivity contribution >= 4 is 17.7 Å². The maximum absolute atomic E-state index is 14.0. The number of hydrogen-bond acceptors (Lipinski definition) is 3. The van der Waals surface area contributed by atoms with Crippen LogP contribution in [-0.4, -0.2) is 34.4 Å². The molecule has 160 valence electrons. The average Bonchev–Trinajstić information content (AvgIpc) is 2.88. The van der Waals surface area contributed by atoms with Crippen molar-refractivity contribution in [1.29, 1.82) is 0 Å². The fraction of sp³-hybridized carbons (Fsp3) is 0.720. The van der Waals surface area contributed by atoms with Crippen molar-refractivity contribution in [3.05, 3.63) is 30.3 Å². The van der Waals surface area contributed by atoms with Crippen molar-refractivity contribution in [3.63, 3.8) is 0 Å². The third-order valence-corrected chi connectivity index (χ3v) is 9.25. The molecule has 3 nitrogen and oxygen atoms in total. The maximum Gasteiger partial charge on any atom is 0.232 e. The van der Waals surface area contributed by atoms with E-state index in [0.29, 0.717) is 23.7 Å². The van der Waals surface area contributed by atoms with Gasteiger partial charge in [0.25, 0.3) is 0 Å². The van der Waals surface area contributed by atoms with Crippen LogP contribution < -0.4 is 0 Å². The SMILES string of the molecule is CC(C)[C@H]1[C@@H]2O[C@@H]3C[C@H](C)CC[C@H]3C(C)(C)N2C(=O)[C@@]1(C)CSc1ccccc1. The zero-order valence-electron chi connectivity index (χ0n) is 18.9. The van der Waals surface area contributed by atoms with Crippen LogP contribution in [0, 0.1) is 29.1 Å².